The summed E-state index contributed by atoms with van der Waals surface area (Å²) in [7, 11) is 0. The molecule has 3 heteroatoms. The van der Waals surface area contributed by atoms with Gasteiger partial charge in [0.05, 0.1) is 5.69 Å². The number of nitrogens with zero attached hydrogens (tertiary/aromatic N) is 2. The van der Waals surface area contributed by atoms with Gasteiger partial charge in [0.1, 0.15) is 6.54 Å². The van der Waals surface area contributed by atoms with Gasteiger partial charge in [-0.2, -0.15) is 5.10 Å². The Bertz CT molecular complexity index is 567. The van der Waals surface area contributed by atoms with Gasteiger partial charge >= 0.3 is 0 Å². The van der Waals surface area contributed by atoms with Crippen LogP contribution in [0.3, 0.4) is 0 Å². The molecule has 0 atom stereocenters. The molecule has 2 rings (SSSR count). The summed E-state index contributed by atoms with van der Waals surface area (Å²) in [5.74, 6) is 0.106. The van der Waals surface area contributed by atoms with E-state index in [0.717, 1.165) is 29.8 Å². The highest BCUT2D eigenvalue weighted by atomic mass is 16.1. The number of benzene rings is 1. The number of carbonyl (C=O) groups is 1. The molecular weight excluding hydrogens is 236 g/mol. The Kier molecular flexibility index (Phi) is 4.15. The molecule has 0 aliphatic rings. The van der Waals surface area contributed by atoms with Gasteiger partial charge in [-0.1, -0.05) is 37.6 Å². The Labute approximate surface area is 114 Å². The van der Waals surface area contributed by atoms with Crippen LogP contribution in [-0.2, 0) is 13.0 Å². The minimum Gasteiger partial charge on any atom is -0.292 e. The van der Waals surface area contributed by atoms with Gasteiger partial charge in [-0.05, 0) is 31.9 Å². The van der Waals surface area contributed by atoms with Crippen LogP contribution in [0.5, 0.6) is 0 Å². The first-order valence-corrected chi connectivity index (χ1v) is 6.73. The fourth-order valence-corrected chi connectivity index (χ4v) is 2.21. The predicted octanol–water partition coefficient (Wildman–Crippen LogP) is 3.34. The van der Waals surface area contributed by atoms with E-state index in [4.69, 9.17) is 0 Å². The number of ketones is 1. The van der Waals surface area contributed by atoms with Crippen LogP contribution in [0.15, 0.2) is 30.3 Å². The first-order chi connectivity index (χ1) is 9.10. The first kappa shape index (κ1) is 13.5. The van der Waals surface area contributed by atoms with E-state index >= 15 is 0 Å². The van der Waals surface area contributed by atoms with Crippen molar-refractivity contribution in [2.45, 2.75) is 40.2 Å². The third-order valence-corrected chi connectivity index (χ3v) is 3.21. The highest BCUT2D eigenvalue weighted by Crippen LogP contribution is 2.09. The number of hydrogen-bond acceptors (Lipinski definition) is 2. The van der Waals surface area contributed by atoms with E-state index in [-0.39, 0.29) is 5.78 Å². The molecule has 0 saturated heterocycles. The number of carbonyl (C=O) groups excluding carboxylic acids is 1. The molecule has 1 aromatic heterocycles. The van der Waals surface area contributed by atoms with Gasteiger partial charge in [-0.25, -0.2) is 0 Å². The zero-order valence-corrected chi connectivity index (χ0v) is 11.8. The van der Waals surface area contributed by atoms with Gasteiger partial charge in [0, 0.05) is 11.3 Å². The van der Waals surface area contributed by atoms with E-state index in [1.54, 1.807) is 4.68 Å². The van der Waals surface area contributed by atoms with Crippen molar-refractivity contribution >= 4 is 5.78 Å². The molecule has 1 aromatic carbocycles. The van der Waals surface area contributed by atoms with Crippen LogP contribution in [0.4, 0.5) is 0 Å². The van der Waals surface area contributed by atoms with Crippen molar-refractivity contribution in [1.29, 1.82) is 0 Å². The van der Waals surface area contributed by atoms with Gasteiger partial charge in [0.15, 0.2) is 5.78 Å². The lowest BCUT2D eigenvalue weighted by Gasteiger charge is -2.05. The summed E-state index contributed by atoms with van der Waals surface area (Å²) < 4.78 is 1.76. The number of aromatic nitrogens is 2. The van der Waals surface area contributed by atoms with Crippen molar-refractivity contribution in [3.63, 3.8) is 0 Å². The highest BCUT2D eigenvalue weighted by Gasteiger charge is 2.09. The summed E-state index contributed by atoms with van der Waals surface area (Å²) in [5, 5.41) is 4.32. The maximum atomic E-state index is 12.2. The van der Waals surface area contributed by atoms with Crippen LogP contribution < -0.4 is 0 Å². The zero-order valence-electron chi connectivity index (χ0n) is 11.8. The molecule has 0 saturated carbocycles. The summed E-state index contributed by atoms with van der Waals surface area (Å²) in [6.45, 7) is 6.37. The normalized spacial score (nSPS) is 10.7. The summed E-state index contributed by atoms with van der Waals surface area (Å²) in [5.41, 5.74) is 4.01. The molecule has 0 N–H and O–H groups in total. The molecule has 19 heavy (non-hydrogen) atoms. The van der Waals surface area contributed by atoms with E-state index in [2.05, 4.69) is 12.0 Å². The fraction of sp³-hybridized carbons (Fsp3) is 0.375. The van der Waals surface area contributed by atoms with Gasteiger partial charge < -0.3 is 0 Å². The lowest BCUT2D eigenvalue weighted by Crippen LogP contribution is -2.13. The smallest absolute Gasteiger partial charge is 0.184 e. The summed E-state index contributed by atoms with van der Waals surface area (Å²) >= 11 is 0. The Morgan fingerprint density at radius 2 is 1.89 bits per heavy atom. The summed E-state index contributed by atoms with van der Waals surface area (Å²) in [6.07, 6.45) is 2.19. The number of hydrogen-bond donors (Lipinski definition) is 0. The molecule has 100 valence electrons. The topological polar surface area (TPSA) is 34.9 Å². The minimum atomic E-state index is 0.106. The Hall–Kier alpha value is -1.90. The second kappa shape index (κ2) is 5.83. The summed E-state index contributed by atoms with van der Waals surface area (Å²) in [6, 6.07) is 9.89. The lowest BCUT2D eigenvalue weighted by atomic mass is 10.1. The van der Waals surface area contributed by atoms with Crippen molar-refractivity contribution in [1.82, 2.24) is 9.78 Å². The molecule has 0 amide bonds. The Morgan fingerprint density at radius 1 is 1.21 bits per heavy atom. The first-order valence-electron chi connectivity index (χ1n) is 6.73. The zero-order chi connectivity index (χ0) is 13.8. The van der Waals surface area contributed by atoms with Crippen molar-refractivity contribution < 1.29 is 4.79 Å². The predicted molar refractivity (Wildman–Crippen MR) is 76.5 cm³/mol. The Morgan fingerprint density at radius 3 is 2.42 bits per heavy atom. The van der Waals surface area contributed by atoms with Crippen molar-refractivity contribution in [2.75, 3.05) is 0 Å². The van der Waals surface area contributed by atoms with E-state index in [0.29, 0.717) is 6.54 Å². The quantitative estimate of drug-likeness (QED) is 0.769. The molecule has 0 radical (unpaired) electrons. The van der Waals surface area contributed by atoms with Crippen LogP contribution in [-0.4, -0.2) is 15.6 Å². The number of aryl methyl sites for hydroxylation is 3. The molecule has 0 spiro atoms. The minimum absolute atomic E-state index is 0.106. The molecule has 0 aliphatic heterocycles. The largest absolute Gasteiger partial charge is 0.292 e. The van der Waals surface area contributed by atoms with Gasteiger partial charge in [-0.15, -0.1) is 0 Å². The molecule has 2 aromatic rings. The third kappa shape index (κ3) is 3.31. The molecule has 1 heterocycles. The molecule has 0 aliphatic carbocycles. The molecular formula is C16H20N2O. The van der Waals surface area contributed by atoms with Crippen molar-refractivity contribution in [3.05, 3.63) is 52.8 Å². The van der Waals surface area contributed by atoms with Crippen LogP contribution in [0, 0.1) is 13.8 Å². The maximum Gasteiger partial charge on any atom is 0.184 e. The molecule has 3 nitrogen and oxygen atoms in total. The van der Waals surface area contributed by atoms with E-state index in [9.17, 15) is 4.79 Å². The fourth-order valence-electron chi connectivity index (χ4n) is 2.21. The van der Waals surface area contributed by atoms with Gasteiger partial charge in [0.2, 0.25) is 0 Å². The van der Waals surface area contributed by atoms with Gasteiger partial charge in [-0.3, -0.25) is 9.48 Å². The average molecular weight is 256 g/mol. The van der Waals surface area contributed by atoms with Crippen LogP contribution in [0.1, 0.15) is 40.7 Å². The van der Waals surface area contributed by atoms with Crippen molar-refractivity contribution in [2.24, 2.45) is 0 Å². The van der Waals surface area contributed by atoms with Crippen LogP contribution >= 0.6 is 0 Å². The molecule has 0 unspecified atom stereocenters. The SMILES string of the molecule is CCCc1ccc(C(=O)Cn2nc(C)cc2C)cc1. The lowest BCUT2D eigenvalue weighted by molar-refractivity contribution is 0.0966. The van der Waals surface area contributed by atoms with E-state index < -0.39 is 0 Å². The molecule has 0 fully saturated rings. The third-order valence-electron chi connectivity index (χ3n) is 3.21. The second-order valence-corrected chi connectivity index (χ2v) is 4.95. The number of rotatable bonds is 5. The Balaban J connectivity index is 2.09. The highest BCUT2D eigenvalue weighted by molar-refractivity contribution is 5.95. The van der Waals surface area contributed by atoms with Crippen LogP contribution in [0.25, 0.3) is 0 Å². The average Bonchev–Trinajstić information content (AvgIpc) is 2.69. The summed E-state index contributed by atoms with van der Waals surface area (Å²) in [4.78, 5) is 12.2. The van der Waals surface area contributed by atoms with Crippen LogP contribution in [0.2, 0.25) is 0 Å². The number of Topliss-reactive ketones (excluding diaryl/α,β-unsaturated/α-hetero) is 1. The maximum absolute atomic E-state index is 12.2. The van der Waals surface area contributed by atoms with Crippen molar-refractivity contribution in [3.8, 4) is 0 Å². The second-order valence-electron chi connectivity index (χ2n) is 4.95. The van der Waals surface area contributed by atoms with E-state index in [1.165, 1.54) is 5.56 Å². The standard InChI is InChI=1S/C16H20N2O/c1-4-5-14-6-8-15(9-7-14)16(19)11-18-13(3)10-12(2)17-18/h6-10H,4-5,11H2,1-3H3. The van der Waals surface area contributed by atoms with Gasteiger partial charge in [0.25, 0.3) is 0 Å². The van der Waals surface area contributed by atoms with E-state index in [1.807, 2.05) is 44.2 Å². The molecule has 0 bridgehead atoms. The monoisotopic (exact) mass is 256 g/mol.